The molecule has 1 aromatic carbocycles. The molecule has 14 heavy (non-hydrogen) atoms. The van der Waals surface area contributed by atoms with E-state index in [-0.39, 0.29) is 0 Å². The number of rotatable bonds is 2. The van der Waals surface area contributed by atoms with Crippen LogP contribution in [-0.4, -0.2) is 13.1 Å². The second-order valence-corrected chi connectivity index (χ2v) is 2.56. The summed E-state index contributed by atoms with van der Waals surface area (Å²) in [7, 11) is 1.47. The lowest BCUT2D eigenvalue weighted by molar-refractivity contribution is 0.248. The van der Waals surface area contributed by atoms with Crippen molar-refractivity contribution in [3.63, 3.8) is 0 Å². The third kappa shape index (κ3) is 1.98. The topological polar surface area (TPSA) is 94.6 Å². The van der Waals surface area contributed by atoms with E-state index in [4.69, 9.17) is 11.3 Å². The van der Waals surface area contributed by atoms with Crippen molar-refractivity contribution >= 4 is 17.4 Å². The van der Waals surface area contributed by atoms with Crippen molar-refractivity contribution in [1.29, 1.82) is 5.53 Å². The molecule has 0 saturated carbocycles. The Kier molecular flexibility index (Phi) is 3.01. The van der Waals surface area contributed by atoms with E-state index in [1.54, 1.807) is 24.3 Å². The van der Waals surface area contributed by atoms with Crippen molar-refractivity contribution in [2.75, 3.05) is 17.8 Å². The third-order valence-electron chi connectivity index (χ3n) is 1.62. The lowest BCUT2D eigenvalue weighted by Crippen LogP contribution is -2.33. The smallest absolute Gasteiger partial charge is 0.343 e. The lowest BCUT2D eigenvalue weighted by Gasteiger charge is -2.14. The number of nitrogens with zero attached hydrogens (tertiary/aromatic N) is 2. The summed E-state index contributed by atoms with van der Waals surface area (Å²) in [6.07, 6.45) is 0. The summed E-state index contributed by atoms with van der Waals surface area (Å²) in [4.78, 5) is 11.2. The first-order valence-corrected chi connectivity index (χ1v) is 3.93. The van der Waals surface area contributed by atoms with Crippen LogP contribution in [0.3, 0.4) is 0 Å². The van der Waals surface area contributed by atoms with Crippen LogP contribution in [0.15, 0.2) is 29.5 Å². The second-order valence-electron chi connectivity index (χ2n) is 2.56. The van der Waals surface area contributed by atoms with Gasteiger partial charge in [-0.15, -0.1) is 0 Å². The third-order valence-corrected chi connectivity index (χ3v) is 1.62. The lowest BCUT2D eigenvalue weighted by atomic mass is 10.3. The summed E-state index contributed by atoms with van der Waals surface area (Å²) in [6.45, 7) is 0. The van der Waals surface area contributed by atoms with Gasteiger partial charge in [0.05, 0.1) is 5.69 Å². The van der Waals surface area contributed by atoms with E-state index < -0.39 is 6.03 Å². The highest BCUT2D eigenvalue weighted by Crippen LogP contribution is 2.17. The molecule has 0 heterocycles. The van der Waals surface area contributed by atoms with Gasteiger partial charge in [-0.1, -0.05) is 11.3 Å². The van der Waals surface area contributed by atoms with Gasteiger partial charge >= 0.3 is 6.03 Å². The summed E-state index contributed by atoms with van der Waals surface area (Å²) in [6, 6.07) is 6.10. The molecular formula is C8H11N5O. The molecule has 2 amide bonds. The first-order valence-electron chi connectivity index (χ1n) is 3.93. The van der Waals surface area contributed by atoms with E-state index in [9.17, 15) is 4.79 Å². The maximum Gasteiger partial charge on any atom is 0.343 e. The zero-order valence-corrected chi connectivity index (χ0v) is 7.69. The molecule has 0 radical (unpaired) electrons. The van der Waals surface area contributed by atoms with Crippen molar-refractivity contribution in [1.82, 2.24) is 5.32 Å². The van der Waals surface area contributed by atoms with Gasteiger partial charge in [0.2, 0.25) is 0 Å². The second kappa shape index (κ2) is 4.22. The molecule has 1 rings (SSSR count). The van der Waals surface area contributed by atoms with Crippen LogP contribution in [0.4, 0.5) is 16.2 Å². The molecule has 0 atom stereocenters. The van der Waals surface area contributed by atoms with E-state index >= 15 is 0 Å². The Morgan fingerprint density at radius 3 is 2.86 bits per heavy atom. The van der Waals surface area contributed by atoms with Gasteiger partial charge in [0.1, 0.15) is 0 Å². The normalized spacial score (nSPS) is 9.21. The number of anilines is 2. The number of carbonyl (C=O) groups is 1. The van der Waals surface area contributed by atoms with Crippen LogP contribution < -0.4 is 16.1 Å². The standard InChI is InChI=1S/C8H11N5O/c1-11-8(14)13(12-10)7-4-2-3-6(9)5-7/h2-5,10H,9H2,1H3,(H,11,14). The Bertz CT molecular complexity index is 351. The van der Waals surface area contributed by atoms with Gasteiger partial charge in [-0.25, -0.2) is 4.79 Å². The van der Waals surface area contributed by atoms with Crippen molar-refractivity contribution in [3.8, 4) is 0 Å². The van der Waals surface area contributed by atoms with Crippen LogP contribution in [0, 0.1) is 5.53 Å². The minimum atomic E-state index is -0.481. The zero-order chi connectivity index (χ0) is 10.6. The van der Waals surface area contributed by atoms with Gasteiger partial charge < -0.3 is 11.1 Å². The Balaban J connectivity index is 3.00. The van der Waals surface area contributed by atoms with Crippen LogP contribution in [-0.2, 0) is 0 Å². The maximum absolute atomic E-state index is 11.2. The molecule has 0 aliphatic heterocycles. The van der Waals surface area contributed by atoms with Gasteiger partial charge in [0.25, 0.3) is 0 Å². The van der Waals surface area contributed by atoms with E-state index in [1.165, 1.54) is 7.05 Å². The van der Waals surface area contributed by atoms with Crippen LogP contribution in [0.1, 0.15) is 0 Å². The van der Waals surface area contributed by atoms with Crippen molar-refractivity contribution in [2.45, 2.75) is 0 Å². The molecular weight excluding hydrogens is 182 g/mol. The fourth-order valence-electron chi connectivity index (χ4n) is 0.983. The monoisotopic (exact) mass is 193 g/mol. The SMILES string of the molecule is CNC(=O)N(N=N)c1cccc(N)c1. The summed E-state index contributed by atoms with van der Waals surface area (Å²) in [5, 5.41) is 6.37. The van der Waals surface area contributed by atoms with Crippen LogP contribution in [0.2, 0.25) is 0 Å². The average molecular weight is 193 g/mol. The van der Waals surface area contributed by atoms with E-state index in [1.807, 2.05) is 0 Å². The summed E-state index contributed by atoms with van der Waals surface area (Å²) in [5.74, 6) is 0. The fraction of sp³-hybridized carbons (Fsp3) is 0.125. The largest absolute Gasteiger partial charge is 0.399 e. The molecule has 4 N–H and O–H groups in total. The molecule has 0 fully saturated rings. The molecule has 0 aromatic heterocycles. The molecule has 0 spiro atoms. The van der Waals surface area contributed by atoms with Crippen LogP contribution in [0.5, 0.6) is 0 Å². The predicted octanol–water partition coefficient (Wildman–Crippen LogP) is 1.36. The number of amides is 2. The molecule has 0 aliphatic rings. The zero-order valence-electron chi connectivity index (χ0n) is 7.69. The van der Waals surface area contributed by atoms with Gasteiger partial charge in [0, 0.05) is 12.7 Å². The predicted molar refractivity (Wildman–Crippen MR) is 52.9 cm³/mol. The van der Waals surface area contributed by atoms with E-state index in [2.05, 4.69) is 10.5 Å². The summed E-state index contributed by atoms with van der Waals surface area (Å²) >= 11 is 0. The molecule has 0 aliphatic carbocycles. The minimum absolute atomic E-state index is 0.458. The first-order chi connectivity index (χ1) is 6.69. The van der Waals surface area contributed by atoms with Crippen LogP contribution >= 0.6 is 0 Å². The van der Waals surface area contributed by atoms with E-state index in [0.29, 0.717) is 11.4 Å². The highest BCUT2D eigenvalue weighted by molar-refractivity contribution is 5.91. The Morgan fingerprint density at radius 1 is 1.64 bits per heavy atom. The van der Waals surface area contributed by atoms with Gasteiger partial charge in [-0.2, -0.15) is 10.5 Å². The number of carbonyl (C=O) groups excluding carboxylic acids is 1. The van der Waals surface area contributed by atoms with Crippen molar-refractivity contribution in [3.05, 3.63) is 24.3 Å². The van der Waals surface area contributed by atoms with Crippen molar-refractivity contribution in [2.24, 2.45) is 5.22 Å². The summed E-state index contributed by atoms with van der Waals surface area (Å²) < 4.78 is 0. The average Bonchev–Trinajstić information content (AvgIpc) is 2.19. The van der Waals surface area contributed by atoms with Crippen molar-refractivity contribution < 1.29 is 4.79 Å². The quantitative estimate of drug-likeness (QED) is 0.375. The fourth-order valence-corrected chi connectivity index (χ4v) is 0.983. The number of nitrogens with two attached hydrogens (primary N) is 1. The molecule has 6 heteroatoms. The van der Waals surface area contributed by atoms with Gasteiger partial charge in [-0.05, 0) is 18.2 Å². The Hall–Kier alpha value is -2.11. The molecule has 6 nitrogen and oxygen atoms in total. The highest BCUT2D eigenvalue weighted by atomic mass is 16.2. The molecule has 1 aromatic rings. The van der Waals surface area contributed by atoms with E-state index in [0.717, 1.165) is 5.01 Å². The molecule has 74 valence electrons. The van der Waals surface area contributed by atoms with Gasteiger partial charge in [-0.3, -0.25) is 0 Å². The minimum Gasteiger partial charge on any atom is -0.399 e. The number of benzene rings is 1. The highest BCUT2D eigenvalue weighted by Gasteiger charge is 2.12. The number of nitrogens with one attached hydrogen (secondary N) is 2. The number of nitrogen functional groups attached to an aromatic ring is 1. The van der Waals surface area contributed by atoms with Gasteiger partial charge in [0.15, 0.2) is 0 Å². The first kappa shape index (κ1) is 9.97. The molecule has 0 saturated heterocycles. The molecule has 0 unspecified atom stereocenters. The Morgan fingerprint density at radius 2 is 2.36 bits per heavy atom. The number of urea groups is 1. The Labute approximate surface area is 81.2 Å². The summed E-state index contributed by atoms with van der Waals surface area (Å²) in [5.41, 5.74) is 13.4. The number of hydrogen-bond donors (Lipinski definition) is 3. The maximum atomic E-state index is 11.2. The van der Waals surface area contributed by atoms with Crippen LogP contribution in [0.25, 0.3) is 0 Å². The molecule has 0 bridgehead atoms. The number of hydrogen-bond acceptors (Lipinski definition) is 4.